The lowest BCUT2D eigenvalue weighted by atomic mass is 10.3. The standard InChI is InChI=1S/C15H11Br2Cl2NO2/c1-8(22-14-5-2-9(16)6-11(14)17)15(21)20-10-3-4-12(18)13(19)7-10/h2-8H,1H3,(H,20,21). The molecule has 0 fully saturated rings. The molecule has 2 rings (SSSR count). The molecule has 7 heteroatoms. The predicted octanol–water partition coefficient (Wildman–Crippen LogP) is 5.92. The first kappa shape index (κ1) is 17.6. The van der Waals surface area contributed by atoms with Gasteiger partial charge in [0.2, 0.25) is 0 Å². The molecule has 0 aliphatic heterocycles. The zero-order chi connectivity index (χ0) is 16.3. The maximum absolute atomic E-state index is 12.2. The van der Waals surface area contributed by atoms with Crippen molar-refractivity contribution in [3.63, 3.8) is 0 Å². The van der Waals surface area contributed by atoms with Crippen molar-refractivity contribution in [1.29, 1.82) is 0 Å². The van der Waals surface area contributed by atoms with Crippen molar-refractivity contribution in [3.8, 4) is 5.75 Å². The summed E-state index contributed by atoms with van der Waals surface area (Å²) in [5, 5.41) is 3.54. The molecular formula is C15H11Br2Cl2NO2. The molecule has 0 spiro atoms. The van der Waals surface area contributed by atoms with Gasteiger partial charge in [0, 0.05) is 10.2 Å². The van der Waals surface area contributed by atoms with Gasteiger partial charge >= 0.3 is 0 Å². The van der Waals surface area contributed by atoms with Crippen molar-refractivity contribution in [3.05, 3.63) is 55.4 Å². The summed E-state index contributed by atoms with van der Waals surface area (Å²) in [5.41, 5.74) is 0.560. The lowest BCUT2D eigenvalue weighted by Crippen LogP contribution is -2.30. The highest BCUT2D eigenvalue weighted by Crippen LogP contribution is 2.29. The molecule has 0 radical (unpaired) electrons. The van der Waals surface area contributed by atoms with Crippen molar-refractivity contribution >= 4 is 66.7 Å². The molecule has 0 aliphatic rings. The third-order valence-electron chi connectivity index (χ3n) is 2.75. The Kier molecular flexibility index (Phi) is 6.15. The Hall–Kier alpha value is -0.750. The van der Waals surface area contributed by atoms with Crippen LogP contribution in [0.25, 0.3) is 0 Å². The SMILES string of the molecule is CC(Oc1ccc(Br)cc1Br)C(=O)Nc1ccc(Cl)c(Cl)c1. The van der Waals surface area contributed by atoms with Gasteiger partial charge in [-0.1, -0.05) is 39.1 Å². The zero-order valence-electron chi connectivity index (χ0n) is 11.4. The third-order valence-corrected chi connectivity index (χ3v) is 4.61. The number of anilines is 1. The van der Waals surface area contributed by atoms with Crippen LogP contribution < -0.4 is 10.1 Å². The second-order valence-electron chi connectivity index (χ2n) is 4.45. The molecule has 3 nitrogen and oxygen atoms in total. The number of hydrogen-bond donors (Lipinski definition) is 1. The largest absolute Gasteiger partial charge is 0.480 e. The van der Waals surface area contributed by atoms with Gasteiger partial charge in [0.25, 0.3) is 5.91 Å². The van der Waals surface area contributed by atoms with E-state index in [0.717, 1.165) is 8.95 Å². The van der Waals surface area contributed by atoms with E-state index in [1.807, 2.05) is 12.1 Å². The van der Waals surface area contributed by atoms with E-state index in [-0.39, 0.29) is 5.91 Å². The fourth-order valence-corrected chi connectivity index (χ4v) is 3.07. The second-order valence-corrected chi connectivity index (χ2v) is 7.04. The average molecular weight is 468 g/mol. The summed E-state index contributed by atoms with van der Waals surface area (Å²) in [6, 6.07) is 10.3. The first-order chi connectivity index (χ1) is 10.4. The van der Waals surface area contributed by atoms with Crippen LogP contribution in [0.1, 0.15) is 6.92 Å². The van der Waals surface area contributed by atoms with Gasteiger partial charge in [-0.2, -0.15) is 0 Å². The van der Waals surface area contributed by atoms with Crippen LogP contribution in [-0.2, 0) is 4.79 Å². The van der Waals surface area contributed by atoms with Gasteiger partial charge in [0.1, 0.15) is 5.75 Å². The number of halogens is 4. The molecule has 0 saturated carbocycles. The number of benzene rings is 2. The summed E-state index contributed by atoms with van der Waals surface area (Å²) < 4.78 is 7.33. The molecule has 1 amide bonds. The summed E-state index contributed by atoms with van der Waals surface area (Å²) in [6.45, 7) is 1.67. The normalized spacial score (nSPS) is 11.9. The maximum Gasteiger partial charge on any atom is 0.265 e. The molecule has 1 N–H and O–H groups in total. The van der Waals surface area contributed by atoms with Gasteiger partial charge in [0.15, 0.2) is 6.10 Å². The number of rotatable bonds is 4. The topological polar surface area (TPSA) is 38.3 Å². The summed E-state index contributed by atoms with van der Waals surface area (Å²) in [6.07, 6.45) is -0.674. The van der Waals surface area contributed by atoms with Crippen LogP contribution in [0.5, 0.6) is 5.75 Å². The molecule has 2 aromatic carbocycles. The van der Waals surface area contributed by atoms with Gasteiger partial charge in [0.05, 0.1) is 14.5 Å². The lowest BCUT2D eigenvalue weighted by molar-refractivity contribution is -0.122. The van der Waals surface area contributed by atoms with E-state index in [1.54, 1.807) is 31.2 Å². The molecule has 0 heterocycles. The van der Waals surface area contributed by atoms with E-state index in [4.69, 9.17) is 27.9 Å². The van der Waals surface area contributed by atoms with E-state index in [2.05, 4.69) is 37.2 Å². The minimum Gasteiger partial charge on any atom is -0.480 e. The minimum atomic E-state index is -0.674. The van der Waals surface area contributed by atoms with Gasteiger partial charge in [-0.25, -0.2) is 0 Å². The highest BCUT2D eigenvalue weighted by molar-refractivity contribution is 9.11. The van der Waals surface area contributed by atoms with Crippen molar-refractivity contribution in [2.75, 3.05) is 5.32 Å². The summed E-state index contributed by atoms with van der Waals surface area (Å²) in [5.74, 6) is 0.299. The summed E-state index contributed by atoms with van der Waals surface area (Å²) in [7, 11) is 0. The van der Waals surface area contributed by atoms with Crippen molar-refractivity contribution in [1.82, 2.24) is 0 Å². The highest BCUT2D eigenvalue weighted by Gasteiger charge is 2.16. The number of ether oxygens (including phenoxy) is 1. The Bertz CT molecular complexity index is 710. The fraction of sp³-hybridized carbons (Fsp3) is 0.133. The molecule has 22 heavy (non-hydrogen) atoms. The van der Waals surface area contributed by atoms with Gasteiger partial charge in [-0.3, -0.25) is 4.79 Å². The van der Waals surface area contributed by atoms with E-state index in [1.165, 1.54) is 0 Å². The van der Waals surface area contributed by atoms with Crippen LogP contribution in [0.15, 0.2) is 45.3 Å². The third kappa shape index (κ3) is 4.62. The van der Waals surface area contributed by atoms with E-state index >= 15 is 0 Å². The number of nitrogens with one attached hydrogen (secondary N) is 1. The highest BCUT2D eigenvalue weighted by atomic mass is 79.9. The predicted molar refractivity (Wildman–Crippen MR) is 97.0 cm³/mol. The number of carbonyl (C=O) groups excluding carboxylic acids is 1. The molecule has 2 aromatic rings. The van der Waals surface area contributed by atoms with Crippen molar-refractivity contribution in [2.45, 2.75) is 13.0 Å². The lowest BCUT2D eigenvalue weighted by Gasteiger charge is -2.16. The van der Waals surface area contributed by atoms with E-state index in [0.29, 0.717) is 21.5 Å². The van der Waals surface area contributed by atoms with Crippen LogP contribution in [0.3, 0.4) is 0 Å². The molecule has 0 saturated heterocycles. The van der Waals surface area contributed by atoms with Crippen LogP contribution >= 0.6 is 55.1 Å². The molecule has 116 valence electrons. The van der Waals surface area contributed by atoms with Crippen LogP contribution in [-0.4, -0.2) is 12.0 Å². The average Bonchev–Trinajstić information content (AvgIpc) is 2.45. The smallest absolute Gasteiger partial charge is 0.265 e. The van der Waals surface area contributed by atoms with Crippen LogP contribution in [0.2, 0.25) is 10.0 Å². The zero-order valence-corrected chi connectivity index (χ0v) is 16.1. The molecule has 0 bridgehead atoms. The first-order valence-electron chi connectivity index (χ1n) is 6.24. The molecule has 0 aliphatic carbocycles. The van der Waals surface area contributed by atoms with Gasteiger partial charge in [-0.15, -0.1) is 0 Å². The van der Waals surface area contributed by atoms with Crippen molar-refractivity contribution < 1.29 is 9.53 Å². The first-order valence-corrected chi connectivity index (χ1v) is 8.58. The quantitative estimate of drug-likeness (QED) is 0.605. The number of hydrogen-bond acceptors (Lipinski definition) is 2. The van der Waals surface area contributed by atoms with Crippen molar-refractivity contribution in [2.24, 2.45) is 0 Å². The number of carbonyl (C=O) groups is 1. The Morgan fingerprint density at radius 1 is 1.14 bits per heavy atom. The molecule has 0 aromatic heterocycles. The Balaban J connectivity index is 2.04. The Labute approximate surface area is 155 Å². The monoisotopic (exact) mass is 465 g/mol. The molecule has 1 atom stereocenters. The van der Waals surface area contributed by atoms with Crippen LogP contribution in [0, 0.1) is 0 Å². The van der Waals surface area contributed by atoms with Gasteiger partial charge in [-0.05, 0) is 59.3 Å². The van der Waals surface area contributed by atoms with Gasteiger partial charge < -0.3 is 10.1 Å². The Morgan fingerprint density at radius 3 is 2.50 bits per heavy atom. The summed E-state index contributed by atoms with van der Waals surface area (Å²) in [4.78, 5) is 12.2. The maximum atomic E-state index is 12.2. The fourth-order valence-electron chi connectivity index (χ4n) is 1.63. The summed E-state index contributed by atoms with van der Waals surface area (Å²) >= 11 is 18.5. The number of amides is 1. The molecular weight excluding hydrogens is 457 g/mol. The van der Waals surface area contributed by atoms with E-state index < -0.39 is 6.10 Å². The second kappa shape index (κ2) is 7.68. The molecule has 1 unspecified atom stereocenters. The van der Waals surface area contributed by atoms with E-state index in [9.17, 15) is 4.79 Å². The minimum absolute atomic E-state index is 0.284. The van der Waals surface area contributed by atoms with Crippen LogP contribution in [0.4, 0.5) is 5.69 Å². The Morgan fingerprint density at radius 2 is 1.86 bits per heavy atom.